The first-order valence-corrected chi connectivity index (χ1v) is 6.47. The number of benzene rings is 2. The molecule has 0 spiro atoms. The van der Waals surface area contributed by atoms with Crippen molar-refractivity contribution in [1.29, 1.82) is 0 Å². The molecule has 0 unspecified atom stereocenters. The Balaban J connectivity index is 2.73. The molecule has 3 aromatic rings. The Morgan fingerprint density at radius 3 is 2.17 bits per heavy atom. The molecule has 5 heteroatoms. The minimum Gasteiger partial charge on any atom is -0.344 e. The molecule has 0 amide bonds. The Labute approximate surface area is 111 Å². The summed E-state index contributed by atoms with van der Waals surface area (Å²) in [6.07, 6.45) is 0. The third-order valence-electron chi connectivity index (χ3n) is 4.52. The van der Waals surface area contributed by atoms with E-state index >= 15 is 0 Å². The van der Waals surface area contributed by atoms with Gasteiger partial charge in [-0.2, -0.15) is 0 Å². The maximum atomic E-state index is 2.33. The van der Waals surface area contributed by atoms with E-state index in [0.717, 1.165) is 0 Å². The van der Waals surface area contributed by atoms with Crippen LogP contribution in [-0.2, 0) is 7.05 Å². The zero-order chi connectivity index (χ0) is 13.0. The van der Waals surface area contributed by atoms with Gasteiger partial charge in [0.15, 0.2) is 0 Å². The Bertz CT molecular complexity index is 789. The molecule has 0 aliphatic carbocycles. The first-order chi connectivity index (χ1) is 8.54. The number of hydrogen-bond acceptors (Lipinski definition) is 0. The maximum absolute atomic E-state index is 2.33. The van der Waals surface area contributed by atoms with E-state index in [9.17, 15) is 0 Å². The van der Waals surface area contributed by atoms with Crippen molar-refractivity contribution in [2.45, 2.75) is 0 Å². The van der Waals surface area contributed by atoms with Crippen LogP contribution in [0.5, 0.6) is 0 Å². The van der Waals surface area contributed by atoms with Crippen molar-refractivity contribution in [2.75, 3.05) is 0 Å². The predicted molar refractivity (Wildman–Crippen MR) is 93.1 cm³/mol. The number of aromatic nitrogens is 1. The molecule has 0 bridgehead atoms. The van der Waals surface area contributed by atoms with Gasteiger partial charge >= 0.3 is 0 Å². The standard InChI is InChI=1S/C13H15B4N/c1-18-7-5-3-2-4-6(7)8-9(14)10(15)11(16)12(17)13(8)18/h2-5H,14-17H2,1H3. The average molecular weight is 229 g/mol. The highest BCUT2D eigenvalue weighted by molar-refractivity contribution is 6.67. The van der Waals surface area contributed by atoms with E-state index in [0.29, 0.717) is 0 Å². The maximum Gasteiger partial charge on any atom is 0.141 e. The van der Waals surface area contributed by atoms with Gasteiger partial charge in [-0.05, 0) is 11.5 Å². The molecule has 18 heavy (non-hydrogen) atoms. The minimum atomic E-state index is 1.32. The molecule has 84 valence electrons. The van der Waals surface area contributed by atoms with Crippen molar-refractivity contribution in [3.05, 3.63) is 24.3 Å². The topological polar surface area (TPSA) is 4.93 Å². The summed E-state index contributed by atoms with van der Waals surface area (Å²) in [6, 6.07) is 8.69. The molecule has 1 aromatic heterocycles. The van der Waals surface area contributed by atoms with Gasteiger partial charge in [-0.3, -0.25) is 0 Å². The van der Waals surface area contributed by atoms with Crippen LogP contribution in [0.2, 0.25) is 0 Å². The van der Waals surface area contributed by atoms with Crippen LogP contribution in [0.4, 0.5) is 0 Å². The van der Waals surface area contributed by atoms with Gasteiger partial charge in [-0.1, -0.05) is 34.6 Å². The molecule has 0 fully saturated rings. The lowest BCUT2D eigenvalue weighted by Gasteiger charge is -2.13. The van der Waals surface area contributed by atoms with Gasteiger partial charge in [0.05, 0.1) is 0 Å². The van der Waals surface area contributed by atoms with E-state index < -0.39 is 0 Å². The highest BCUT2D eigenvalue weighted by Crippen LogP contribution is 2.24. The first-order valence-electron chi connectivity index (χ1n) is 6.47. The van der Waals surface area contributed by atoms with Gasteiger partial charge in [0.2, 0.25) is 0 Å². The minimum absolute atomic E-state index is 1.32. The molecule has 0 saturated carbocycles. The van der Waals surface area contributed by atoms with Crippen molar-refractivity contribution in [1.82, 2.24) is 4.57 Å². The number of rotatable bonds is 0. The molecular formula is C13H15B4N. The second-order valence-corrected chi connectivity index (χ2v) is 5.30. The third kappa shape index (κ3) is 1.28. The van der Waals surface area contributed by atoms with Crippen LogP contribution >= 0.6 is 0 Å². The smallest absolute Gasteiger partial charge is 0.141 e. The molecule has 1 heterocycles. The van der Waals surface area contributed by atoms with Crippen LogP contribution in [0.25, 0.3) is 21.8 Å². The molecule has 3 rings (SSSR count). The molecular weight excluding hydrogens is 213 g/mol. The van der Waals surface area contributed by atoms with Crippen molar-refractivity contribution in [3.8, 4) is 0 Å². The lowest BCUT2D eigenvalue weighted by Crippen LogP contribution is -2.48. The van der Waals surface area contributed by atoms with Crippen LogP contribution in [-0.4, -0.2) is 36.0 Å². The fourth-order valence-corrected chi connectivity index (χ4v) is 3.14. The second kappa shape index (κ2) is 3.74. The average Bonchev–Trinajstić information content (AvgIpc) is 2.68. The van der Waals surface area contributed by atoms with Crippen LogP contribution in [0, 0.1) is 0 Å². The summed E-state index contributed by atoms with van der Waals surface area (Å²) in [5.41, 5.74) is 8.39. The molecule has 0 N–H and O–H groups in total. The zero-order valence-corrected chi connectivity index (χ0v) is 11.8. The van der Waals surface area contributed by atoms with Crippen LogP contribution in [0.15, 0.2) is 24.3 Å². The lowest BCUT2D eigenvalue weighted by atomic mass is 9.65. The summed E-state index contributed by atoms with van der Waals surface area (Å²) in [5.74, 6) is 0. The van der Waals surface area contributed by atoms with Crippen molar-refractivity contribution in [2.24, 2.45) is 7.05 Å². The summed E-state index contributed by atoms with van der Waals surface area (Å²) in [5, 5.41) is 2.80. The molecule has 0 aliphatic rings. The monoisotopic (exact) mass is 229 g/mol. The van der Waals surface area contributed by atoms with Crippen molar-refractivity contribution < 1.29 is 0 Å². The summed E-state index contributed by atoms with van der Waals surface area (Å²) in [6.45, 7) is 0. The molecule has 0 radical (unpaired) electrons. The van der Waals surface area contributed by atoms with E-state index in [1.165, 1.54) is 43.7 Å². The molecule has 0 aliphatic heterocycles. The summed E-state index contributed by atoms with van der Waals surface area (Å²) in [7, 11) is 11.1. The zero-order valence-electron chi connectivity index (χ0n) is 11.8. The normalized spacial score (nSPS) is 11.4. The van der Waals surface area contributed by atoms with E-state index in [2.05, 4.69) is 67.3 Å². The SMILES string of the molecule is Bc1c(B)c(B)c2c(c1B)c1ccccc1n2C. The van der Waals surface area contributed by atoms with Gasteiger partial charge in [0, 0.05) is 23.5 Å². The Morgan fingerprint density at radius 1 is 0.833 bits per heavy atom. The molecule has 2 aromatic carbocycles. The number of nitrogens with zero attached hydrogens (tertiary/aromatic N) is 1. The molecule has 0 atom stereocenters. The number of para-hydroxylation sites is 1. The van der Waals surface area contributed by atoms with E-state index in [1.807, 2.05) is 0 Å². The highest BCUT2D eigenvalue weighted by Gasteiger charge is 2.15. The Kier molecular flexibility index (Phi) is 2.41. The van der Waals surface area contributed by atoms with Crippen LogP contribution < -0.4 is 21.9 Å². The lowest BCUT2D eigenvalue weighted by molar-refractivity contribution is 1.02. The van der Waals surface area contributed by atoms with Crippen molar-refractivity contribution in [3.63, 3.8) is 0 Å². The quantitative estimate of drug-likeness (QED) is 0.350. The number of fused-ring (bicyclic) bond motifs is 3. The second-order valence-electron chi connectivity index (χ2n) is 5.30. The molecule has 0 saturated heterocycles. The summed E-state index contributed by atoms with van der Waals surface area (Å²) < 4.78 is 2.33. The van der Waals surface area contributed by atoms with Crippen LogP contribution in [0.1, 0.15) is 0 Å². The van der Waals surface area contributed by atoms with Crippen molar-refractivity contribution >= 4 is 75.0 Å². The van der Waals surface area contributed by atoms with E-state index in [4.69, 9.17) is 0 Å². The first kappa shape index (κ1) is 11.6. The fourth-order valence-electron chi connectivity index (χ4n) is 3.14. The fraction of sp³-hybridized carbons (Fsp3) is 0.0769. The highest BCUT2D eigenvalue weighted by atomic mass is 14.9. The number of aryl methyl sites for hydroxylation is 1. The van der Waals surface area contributed by atoms with Gasteiger partial charge < -0.3 is 4.57 Å². The predicted octanol–water partition coefficient (Wildman–Crippen LogP) is -3.63. The summed E-state index contributed by atoms with van der Waals surface area (Å²) in [4.78, 5) is 0. The van der Waals surface area contributed by atoms with Gasteiger partial charge in [0.25, 0.3) is 0 Å². The third-order valence-corrected chi connectivity index (χ3v) is 4.52. The Hall–Kier alpha value is -1.50. The molecule has 1 nitrogen and oxygen atoms in total. The van der Waals surface area contributed by atoms with E-state index in [-0.39, 0.29) is 0 Å². The largest absolute Gasteiger partial charge is 0.344 e. The Morgan fingerprint density at radius 2 is 1.44 bits per heavy atom. The van der Waals surface area contributed by atoms with Gasteiger partial charge in [-0.15, -0.1) is 5.46 Å². The number of hydrogen-bond donors (Lipinski definition) is 0. The van der Waals surface area contributed by atoms with Gasteiger partial charge in [-0.25, -0.2) is 0 Å². The summed E-state index contributed by atoms with van der Waals surface area (Å²) >= 11 is 0. The van der Waals surface area contributed by atoms with Gasteiger partial charge in [0.1, 0.15) is 31.4 Å². The van der Waals surface area contributed by atoms with Crippen LogP contribution in [0.3, 0.4) is 0 Å². The van der Waals surface area contributed by atoms with E-state index in [1.54, 1.807) is 0 Å².